The third-order valence-electron chi connectivity index (χ3n) is 2.15. The van der Waals surface area contributed by atoms with Gasteiger partial charge in [-0.1, -0.05) is 20.8 Å². The van der Waals surface area contributed by atoms with Crippen LogP contribution in [0.25, 0.3) is 11.0 Å². The number of nitrogens with one attached hydrogen (secondary N) is 1. The highest BCUT2D eigenvalue weighted by Crippen LogP contribution is 2.22. The molecule has 0 bridgehead atoms. The quantitative estimate of drug-likeness (QED) is 0.683. The van der Waals surface area contributed by atoms with Gasteiger partial charge in [0.25, 0.3) is 0 Å². The molecule has 0 atom stereocenters. The van der Waals surface area contributed by atoms with Crippen LogP contribution in [0.4, 0.5) is 4.39 Å². The molecule has 0 unspecified atom stereocenters. The molecular formula is C11H13FN2. The fraction of sp³-hybridized carbons (Fsp3) is 0.364. The maximum atomic E-state index is 12.9. The normalized spacial score (nSPS) is 12.3. The largest absolute Gasteiger partial charge is 0.341 e. The predicted octanol–water partition coefficient (Wildman–Crippen LogP) is 3.00. The van der Waals surface area contributed by atoms with Gasteiger partial charge in [0.05, 0.1) is 11.0 Å². The molecule has 2 rings (SSSR count). The van der Waals surface area contributed by atoms with Crippen molar-refractivity contribution in [2.45, 2.75) is 26.2 Å². The maximum Gasteiger partial charge on any atom is 0.125 e. The van der Waals surface area contributed by atoms with Gasteiger partial charge in [-0.3, -0.25) is 0 Å². The van der Waals surface area contributed by atoms with Crippen LogP contribution in [0.3, 0.4) is 0 Å². The molecule has 2 nitrogen and oxygen atoms in total. The second kappa shape index (κ2) is 2.80. The highest BCUT2D eigenvalue weighted by molar-refractivity contribution is 5.75. The molecule has 14 heavy (non-hydrogen) atoms. The summed E-state index contributed by atoms with van der Waals surface area (Å²) >= 11 is 0. The summed E-state index contributed by atoms with van der Waals surface area (Å²) < 4.78 is 12.9. The van der Waals surface area contributed by atoms with Crippen LogP contribution in [0.2, 0.25) is 0 Å². The molecule has 1 heterocycles. The lowest BCUT2D eigenvalue weighted by molar-refractivity contribution is 0.554. The number of rotatable bonds is 0. The summed E-state index contributed by atoms with van der Waals surface area (Å²) in [6.07, 6.45) is 0. The fourth-order valence-electron chi connectivity index (χ4n) is 1.34. The van der Waals surface area contributed by atoms with Crippen molar-refractivity contribution in [1.29, 1.82) is 0 Å². The van der Waals surface area contributed by atoms with E-state index in [1.165, 1.54) is 12.1 Å². The molecule has 0 saturated heterocycles. The van der Waals surface area contributed by atoms with E-state index in [0.717, 1.165) is 16.9 Å². The molecule has 0 spiro atoms. The Hall–Kier alpha value is -1.38. The second-order valence-electron chi connectivity index (χ2n) is 4.50. The summed E-state index contributed by atoms with van der Waals surface area (Å²) in [5, 5.41) is 0. The third kappa shape index (κ3) is 1.50. The van der Waals surface area contributed by atoms with Crippen LogP contribution in [0, 0.1) is 5.82 Å². The summed E-state index contributed by atoms with van der Waals surface area (Å²) in [6, 6.07) is 4.59. The Labute approximate surface area is 82.2 Å². The summed E-state index contributed by atoms with van der Waals surface area (Å²) in [5.41, 5.74) is 1.54. The standard InChI is InChI=1S/C11H13FN2/c1-11(2,3)10-13-8-5-4-7(12)6-9(8)14-10/h4-6H,1-3H3,(H,13,14). The lowest BCUT2D eigenvalue weighted by atomic mass is 9.96. The smallest absolute Gasteiger partial charge is 0.125 e. The van der Waals surface area contributed by atoms with Gasteiger partial charge in [0.1, 0.15) is 11.6 Å². The number of nitrogens with zero attached hydrogens (tertiary/aromatic N) is 1. The van der Waals surface area contributed by atoms with Crippen molar-refractivity contribution in [3.8, 4) is 0 Å². The summed E-state index contributed by atoms with van der Waals surface area (Å²) in [6.45, 7) is 6.21. The highest BCUT2D eigenvalue weighted by Gasteiger charge is 2.17. The Bertz CT molecular complexity index is 466. The van der Waals surface area contributed by atoms with Gasteiger partial charge in [-0.15, -0.1) is 0 Å². The number of aromatic amines is 1. The minimum Gasteiger partial charge on any atom is -0.341 e. The van der Waals surface area contributed by atoms with Crippen molar-refractivity contribution >= 4 is 11.0 Å². The first kappa shape index (κ1) is 9.19. The molecule has 1 aromatic carbocycles. The number of benzene rings is 1. The van der Waals surface area contributed by atoms with Crippen LogP contribution in [0.15, 0.2) is 18.2 Å². The van der Waals surface area contributed by atoms with E-state index < -0.39 is 0 Å². The van der Waals surface area contributed by atoms with Gasteiger partial charge in [0, 0.05) is 5.41 Å². The van der Waals surface area contributed by atoms with E-state index in [9.17, 15) is 4.39 Å². The fourth-order valence-corrected chi connectivity index (χ4v) is 1.34. The number of aromatic nitrogens is 2. The second-order valence-corrected chi connectivity index (χ2v) is 4.50. The Morgan fingerprint density at radius 2 is 2.00 bits per heavy atom. The molecule has 2 aromatic rings. The number of imidazole rings is 1. The molecular weight excluding hydrogens is 179 g/mol. The van der Waals surface area contributed by atoms with Crippen molar-refractivity contribution < 1.29 is 4.39 Å². The van der Waals surface area contributed by atoms with Gasteiger partial charge in [-0.25, -0.2) is 9.37 Å². The number of H-pyrrole nitrogens is 1. The zero-order valence-corrected chi connectivity index (χ0v) is 8.56. The minimum absolute atomic E-state index is 0.0322. The molecule has 1 N–H and O–H groups in total. The molecule has 0 aliphatic heterocycles. The van der Waals surface area contributed by atoms with Crippen LogP contribution in [-0.2, 0) is 5.41 Å². The molecule has 0 aliphatic carbocycles. The minimum atomic E-state index is -0.235. The van der Waals surface area contributed by atoms with E-state index in [2.05, 4.69) is 30.7 Å². The monoisotopic (exact) mass is 192 g/mol. The van der Waals surface area contributed by atoms with Gasteiger partial charge in [-0.2, -0.15) is 0 Å². The third-order valence-corrected chi connectivity index (χ3v) is 2.15. The lowest BCUT2D eigenvalue weighted by Gasteiger charge is -2.13. The van der Waals surface area contributed by atoms with Gasteiger partial charge in [0.15, 0.2) is 0 Å². The van der Waals surface area contributed by atoms with Gasteiger partial charge in [-0.05, 0) is 18.2 Å². The van der Waals surface area contributed by atoms with E-state index in [-0.39, 0.29) is 11.2 Å². The van der Waals surface area contributed by atoms with Crippen LogP contribution in [0.5, 0.6) is 0 Å². The van der Waals surface area contributed by atoms with E-state index >= 15 is 0 Å². The summed E-state index contributed by atoms with van der Waals surface area (Å²) in [7, 11) is 0. The molecule has 0 aliphatic rings. The molecule has 74 valence electrons. The average molecular weight is 192 g/mol. The Morgan fingerprint density at radius 1 is 1.29 bits per heavy atom. The first-order valence-corrected chi connectivity index (χ1v) is 4.62. The number of halogens is 1. The Morgan fingerprint density at radius 3 is 2.64 bits per heavy atom. The number of hydrogen-bond donors (Lipinski definition) is 1. The Balaban J connectivity index is 2.63. The predicted molar refractivity (Wildman–Crippen MR) is 54.8 cm³/mol. The van der Waals surface area contributed by atoms with E-state index in [1.54, 1.807) is 6.07 Å². The molecule has 3 heteroatoms. The van der Waals surface area contributed by atoms with Crippen molar-refractivity contribution in [3.63, 3.8) is 0 Å². The highest BCUT2D eigenvalue weighted by atomic mass is 19.1. The van der Waals surface area contributed by atoms with Crippen molar-refractivity contribution in [2.75, 3.05) is 0 Å². The van der Waals surface area contributed by atoms with Crippen LogP contribution in [-0.4, -0.2) is 9.97 Å². The average Bonchev–Trinajstić information content (AvgIpc) is 2.45. The first-order chi connectivity index (χ1) is 6.47. The first-order valence-electron chi connectivity index (χ1n) is 4.62. The van der Waals surface area contributed by atoms with Gasteiger partial charge < -0.3 is 4.98 Å². The molecule has 1 aromatic heterocycles. The SMILES string of the molecule is CC(C)(C)c1nc2ccc(F)cc2[nH]1. The van der Waals surface area contributed by atoms with Crippen LogP contribution < -0.4 is 0 Å². The van der Waals surface area contributed by atoms with E-state index in [0.29, 0.717) is 0 Å². The molecule has 0 saturated carbocycles. The summed E-state index contributed by atoms with van der Waals surface area (Å²) in [5.74, 6) is 0.653. The zero-order chi connectivity index (χ0) is 10.3. The molecule has 0 fully saturated rings. The van der Waals surface area contributed by atoms with Crippen LogP contribution in [0.1, 0.15) is 26.6 Å². The lowest BCUT2D eigenvalue weighted by Crippen LogP contribution is -2.12. The maximum absolute atomic E-state index is 12.9. The van der Waals surface area contributed by atoms with Crippen molar-refractivity contribution in [1.82, 2.24) is 9.97 Å². The number of fused-ring (bicyclic) bond motifs is 1. The van der Waals surface area contributed by atoms with E-state index in [1.807, 2.05) is 0 Å². The van der Waals surface area contributed by atoms with Gasteiger partial charge in [0.2, 0.25) is 0 Å². The molecule has 0 amide bonds. The van der Waals surface area contributed by atoms with E-state index in [4.69, 9.17) is 0 Å². The topological polar surface area (TPSA) is 28.7 Å². The number of hydrogen-bond acceptors (Lipinski definition) is 1. The zero-order valence-electron chi connectivity index (χ0n) is 8.56. The Kier molecular flexibility index (Phi) is 1.84. The molecule has 0 radical (unpaired) electrons. The van der Waals surface area contributed by atoms with Crippen molar-refractivity contribution in [2.24, 2.45) is 0 Å². The summed E-state index contributed by atoms with van der Waals surface area (Å²) in [4.78, 5) is 7.53. The van der Waals surface area contributed by atoms with Crippen molar-refractivity contribution in [3.05, 3.63) is 29.8 Å². The van der Waals surface area contributed by atoms with Crippen LogP contribution >= 0.6 is 0 Å². The van der Waals surface area contributed by atoms with Gasteiger partial charge >= 0.3 is 0 Å².